The fourth-order valence-corrected chi connectivity index (χ4v) is 1.98. The number of nitrogens with one attached hydrogen (secondary N) is 1. The summed E-state index contributed by atoms with van der Waals surface area (Å²) in [4.78, 5) is 3.34. The van der Waals surface area contributed by atoms with Crippen LogP contribution in [0.25, 0.3) is 0 Å². The molecule has 1 N–H and O–H groups in total. The van der Waals surface area contributed by atoms with E-state index in [-0.39, 0.29) is 0 Å². The Bertz CT molecular complexity index is 356. The minimum atomic E-state index is -4.34. The number of hydrogen-bond acceptors (Lipinski definition) is 2. The summed E-state index contributed by atoms with van der Waals surface area (Å²) in [5, 5.41) is 3.20. The second kappa shape index (κ2) is 4.41. The SMILES string of the molecule is FC(F)(F)c1cc(CC2CCNC2)ccn1. The van der Waals surface area contributed by atoms with E-state index in [0.717, 1.165) is 31.1 Å². The van der Waals surface area contributed by atoms with Crippen molar-refractivity contribution in [2.75, 3.05) is 13.1 Å². The van der Waals surface area contributed by atoms with Gasteiger partial charge in [-0.1, -0.05) is 0 Å². The second-order valence-electron chi connectivity index (χ2n) is 4.11. The van der Waals surface area contributed by atoms with Crippen molar-refractivity contribution < 1.29 is 13.2 Å². The molecule has 1 aliphatic heterocycles. The Kier molecular flexibility index (Phi) is 3.14. The standard InChI is InChI=1S/C11H13F3N2/c12-11(13,14)10-6-8(2-4-16-10)5-9-1-3-15-7-9/h2,4,6,9,15H,1,3,5,7H2. The first-order chi connectivity index (χ1) is 7.55. The van der Waals surface area contributed by atoms with Gasteiger partial charge in [-0.25, -0.2) is 0 Å². The molecule has 2 rings (SSSR count). The van der Waals surface area contributed by atoms with Gasteiger partial charge < -0.3 is 5.32 Å². The summed E-state index contributed by atoms with van der Waals surface area (Å²) in [7, 11) is 0. The molecular formula is C11H13F3N2. The zero-order valence-corrected chi connectivity index (χ0v) is 8.72. The molecule has 0 amide bonds. The van der Waals surface area contributed by atoms with Gasteiger partial charge in [0.25, 0.3) is 0 Å². The molecule has 1 aliphatic rings. The van der Waals surface area contributed by atoms with E-state index in [1.54, 1.807) is 6.07 Å². The fraction of sp³-hybridized carbons (Fsp3) is 0.545. The first-order valence-electron chi connectivity index (χ1n) is 5.28. The lowest BCUT2D eigenvalue weighted by Crippen LogP contribution is -2.12. The quantitative estimate of drug-likeness (QED) is 0.842. The topological polar surface area (TPSA) is 24.9 Å². The van der Waals surface area contributed by atoms with Crippen LogP contribution in [0.5, 0.6) is 0 Å². The number of nitrogens with zero attached hydrogens (tertiary/aromatic N) is 1. The molecule has 5 heteroatoms. The summed E-state index contributed by atoms with van der Waals surface area (Å²) >= 11 is 0. The van der Waals surface area contributed by atoms with Crippen molar-refractivity contribution in [3.63, 3.8) is 0 Å². The lowest BCUT2D eigenvalue weighted by atomic mass is 9.99. The number of pyridine rings is 1. The van der Waals surface area contributed by atoms with E-state index in [1.165, 1.54) is 6.20 Å². The van der Waals surface area contributed by atoms with Crippen LogP contribution >= 0.6 is 0 Å². The molecule has 0 aromatic carbocycles. The summed E-state index contributed by atoms with van der Waals surface area (Å²) < 4.78 is 37.2. The third-order valence-corrected chi connectivity index (χ3v) is 2.80. The van der Waals surface area contributed by atoms with Gasteiger partial charge in [-0.3, -0.25) is 4.98 Å². The number of aromatic nitrogens is 1. The molecule has 1 saturated heterocycles. The van der Waals surface area contributed by atoms with Crippen LogP contribution in [0.2, 0.25) is 0 Å². The predicted molar refractivity (Wildman–Crippen MR) is 53.9 cm³/mol. The molecule has 16 heavy (non-hydrogen) atoms. The van der Waals surface area contributed by atoms with E-state index in [1.807, 2.05) is 0 Å². The van der Waals surface area contributed by atoms with Crippen LogP contribution in [0, 0.1) is 5.92 Å². The van der Waals surface area contributed by atoms with Gasteiger partial charge in [0.15, 0.2) is 0 Å². The number of alkyl halides is 3. The van der Waals surface area contributed by atoms with Gasteiger partial charge in [-0.05, 0) is 49.5 Å². The molecule has 0 radical (unpaired) electrons. The number of hydrogen-bond donors (Lipinski definition) is 1. The van der Waals surface area contributed by atoms with E-state index in [0.29, 0.717) is 12.3 Å². The van der Waals surface area contributed by atoms with Crippen LogP contribution in [-0.4, -0.2) is 18.1 Å². The van der Waals surface area contributed by atoms with Crippen molar-refractivity contribution in [3.05, 3.63) is 29.6 Å². The summed E-state index contributed by atoms with van der Waals surface area (Å²) in [5.41, 5.74) is -0.0769. The van der Waals surface area contributed by atoms with E-state index in [2.05, 4.69) is 10.3 Å². The van der Waals surface area contributed by atoms with Crippen LogP contribution in [-0.2, 0) is 12.6 Å². The van der Waals surface area contributed by atoms with Gasteiger partial charge in [0, 0.05) is 6.20 Å². The third kappa shape index (κ3) is 2.72. The van der Waals surface area contributed by atoms with Crippen molar-refractivity contribution in [2.24, 2.45) is 5.92 Å². The molecule has 2 heterocycles. The highest BCUT2D eigenvalue weighted by Gasteiger charge is 2.32. The number of halogens is 3. The van der Waals surface area contributed by atoms with E-state index in [9.17, 15) is 13.2 Å². The predicted octanol–water partition coefficient (Wildman–Crippen LogP) is 2.25. The monoisotopic (exact) mass is 230 g/mol. The summed E-state index contributed by atoms with van der Waals surface area (Å²) in [5.74, 6) is 0.448. The minimum absolute atomic E-state index is 0.448. The molecule has 0 aliphatic carbocycles. The average Bonchev–Trinajstić information content (AvgIpc) is 2.70. The van der Waals surface area contributed by atoms with Crippen LogP contribution in [0.4, 0.5) is 13.2 Å². The highest BCUT2D eigenvalue weighted by atomic mass is 19.4. The van der Waals surface area contributed by atoms with Crippen molar-refractivity contribution in [1.29, 1.82) is 0 Å². The molecule has 1 fully saturated rings. The van der Waals surface area contributed by atoms with E-state index < -0.39 is 11.9 Å². The van der Waals surface area contributed by atoms with Gasteiger partial charge >= 0.3 is 6.18 Å². The van der Waals surface area contributed by atoms with Gasteiger partial charge in [0.05, 0.1) is 0 Å². The maximum atomic E-state index is 12.4. The van der Waals surface area contributed by atoms with Crippen molar-refractivity contribution in [2.45, 2.75) is 19.0 Å². The maximum absolute atomic E-state index is 12.4. The molecule has 1 unspecified atom stereocenters. The average molecular weight is 230 g/mol. The molecule has 1 aromatic heterocycles. The van der Waals surface area contributed by atoms with Crippen molar-refractivity contribution >= 4 is 0 Å². The summed E-state index contributed by atoms with van der Waals surface area (Å²) in [6.07, 6.45) is -1.38. The Morgan fingerprint density at radius 1 is 1.44 bits per heavy atom. The highest BCUT2D eigenvalue weighted by molar-refractivity contribution is 5.19. The Morgan fingerprint density at radius 3 is 2.88 bits per heavy atom. The normalized spacial score (nSPS) is 21.3. The largest absolute Gasteiger partial charge is 0.433 e. The molecule has 1 atom stereocenters. The van der Waals surface area contributed by atoms with Crippen LogP contribution in [0.3, 0.4) is 0 Å². The highest BCUT2D eigenvalue weighted by Crippen LogP contribution is 2.28. The fourth-order valence-electron chi connectivity index (χ4n) is 1.98. The van der Waals surface area contributed by atoms with Gasteiger partial charge in [0.2, 0.25) is 0 Å². The minimum Gasteiger partial charge on any atom is -0.316 e. The lowest BCUT2D eigenvalue weighted by Gasteiger charge is -2.10. The zero-order chi connectivity index (χ0) is 11.6. The lowest BCUT2D eigenvalue weighted by molar-refractivity contribution is -0.141. The maximum Gasteiger partial charge on any atom is 0.433 e. The molecule has 0 spiro atoms. The first-order valence-corrected chi connectivity index (χ1v) is 5.28. The number of rotatable bonds is 2. The first kappa shape index (κ1) is 11.4. The molecule has 2 nitrogen and oxygen atoms in total. The van der Waals surface area contributed by atoms with E-state index >= 15 is 0 Å². The Balaban J connectivity index is 2.09. The third-order valence-electron chi connectivity index (χ3n) is 2.80. The summed E-state index contributed by atoms with van der Waals surface area (Å²) in [6, 6.07) is 2.81. The van der Waals surface area contributed by atoms with Gasteiger partial charge in [0.1, 0.15) is 5.69 Å². The molecule has 0 saturated carbocycles. The Morgan fingerprint density at radius 2 is 2.25 bits per heavy atom. The molecule has 1 aromatic rings. The van der Waals surface area contributed by atoms with Crippen molar-refractivity contribution in [1.82, 2.24) is 10.3 Å². The Hall–Kier alpha value is -1.10. The zero-order valence-electron chi connectivity index (χ0n) is 8.72. The molecule has 0 bridgehead atoms. The van der Waals surface area contributed by atoms with Crippen molar-refractivity contribution in [3.8, 4) is 0 Å². The smallest absolute Gasteiger partial charge is 0.316 e. The van der Waals surface area contributed by atoms with Gasteiger partial charge in [-0.15, -0.1) is 0 Å². The van der Waals surface area contributed by atoms with Gasteiger partial charge in [-0.2, -0.15) is 13.2 Å². The van der Waals surface area contributed by atoms with Crippen LogP contribution in [0.15, 0.2) is 18.3 Å². The second-order valence-corrected chi connectivity index (χ2v) is 4.11. The van der Waals surface area contributed by atoms with E-state index in [4.69, 9.17) is 0 Å². The Labute approximate surface area is 91.9 Å². The van der Waals surface area contributed by atoms with Crippen LogP contribution < -0.4 is 5.32 Å². The summed E-state index contributed by atoms with van der Waals surface area (Å²) in [6.45, 7) is 1.85. The molecule has 88 valence electrons. The molecular weight excluding hydrogens is 217 g/mol. The van der Waals surface area contributed by atoms with Crippen LogP contribution in [0.1, 0.15) is 17.7 Å².